The van der Waals surface area contributed by atoms with E-state index >= 15 is 0 Å². The van der Waals surface area contributed by atoms with Crippen LogP contribution >= 0.6 is 11.6 Å². The minimum Gasteiger partial charge on any atom is -0.438 e. The average Bonchev–Trinajstić information content (AvgIpc) is 3.07. The summed E-state index contributed by atoms with van der Waals surface area (Å²) >= 11 is 6.23. The zero-order chi connectivity index (χ0) is 23.3. The van der Waals surface area contributed by atoms with Gasteiger partial charge in [-0.05, 0) is 37.7 Å². The molecule has 11 heteroatoms. The molecule has 1 N–H and O–H groups in total. The Morgan fingerprint density at radius 2 is 2.03 bits per heavy atom. The number of hydrogen-bond acceptors (Lipinski definition) is 7. The van der Waals surface area contributed by atoms with Gasteiger partial charge in [0.25, 0.3) is 0 Å². The van der Waals surface area contributed by atoms with E-state index < -0.39 is 18.3 Å². The number of carbonyl (C=O) groups excluding carboxylic acids is 1. The van der Waals surface area contributed by atoms with Gasteiger partial charge in [-0.3, -0.25) is 9.80 Å². The zero-order valence-electron chi connectivity index (χ0n) is 17.8. The Kier molecular flexibility index (Phi) is 5.21. The first-order valence-corrected chi connectivity index (χ1v) is 10.6. The molecule has 172 valence electrons. The number of fused-ring (bicyclic) bond motifs is 1. The Morgan fingerprint density at radius 1 is 1.24 bits per heavy atom. The summed E-state index contributed by atoms with van der Waals surface area (Å²) in [5, 5.41) is 4.33. The maximum Gasteiger partial charge on any atom is 0.415 e. The summed E-state index contributed by atoms with van der Waals surface area (Å²) in [5.74, 6) is 0.267. The van der Waals surface area contributed by atoms with Gasteiger partial charge in [0, 0.05) is 35.3 Å². The normalized spacial score (nSPS) is 17.5. The van der Waals surface area contributed by atoms with E-state index in [0.717, 1.165) is 11.3 Å². The molecule has 0 aliphatic carbocycles. The fourth-order valence-electron chi connectivity index (χ4n) is 4.35. The number of likely N-dealkylation sites (tertiary alicyclic amines) is 1. The predicted octanol–water partition coefficient (Wildman–Crippen LogP) is 4.58. The first-order valence-electron chi connectivity index (χ1n) is 10.2. The van der Waals surface area contributed by atoms with Crippen LogP contribution in [0.5, 0.6) is 5.75 Å². The van der Waals surface area contributed by atoms with Crippen LogP contribution < -0.4 is 15.0 Å². The standard InChI is InChI=1S/C22H20ClF2N5O3/c1-12-14(23)4-3-5-15(12)28-19-13-6-17(18(32-20(24)25)7-16(13)26-11-27-19)30-10-22(33-21(30)31)8-29(2)9-22/h3-7,11,20H,8-10H2,1-2H3,(H,26,27,28). The Morgan fingerprint density at radius 3 is 2.76 bits per heavy atom. The maximum atomic E-state index is 13.2. The van der Waals surface area contributed by atoms with Crippen molar-refractivity contribution in [2.45, 2.75) is 19.1 Å². The van der Waals surface area contributed by atoms with Crippen molar-refractivity contribution in [2.24, 2.45) is 0 Å². The quantitative estimate of drug-likeness (QED) is 0.578. The maximum absolute atomic E-state index is 13.2. The molecular weight excluding hydrogens is 456 g/mol. The number of benzene rings is 2. The van der Waals surface area contributed by atoms with E-state index in [4.69, 9.17) is 21.1 Å². The molecule has 3 aromatic rings. The highest BCUT2D eigenvalue weighted by molar-refractivity contribution is 6.31. The highest BCUT2D eigenvalue weighted by Crippen LogP contribution is 2.41. The Labute approximate surface area is 193 Å². The van der Waals surface area contributed by atoms with E-state index in [2.05, 4.69) is 15.3 Å². The van der Waals surface area contributed by atoms with Crippen molar-refractivity contribution in [3.8, 4) is 5.75 Å². The van der Waals surface area contributed by atoms with Gasteiger partial charge >= 0.3 is 12.7 Å². The molecule has 2 saturated heterocycles. The number of alkyl halides is 2. The van der Waals surface area contributed by atoms with E-state index in [9.17, 15) is 13.6 Å². The number of aromatic nitrogens is 2. The lowest BCUT2D eigenvalue weighted by Gasteiger charge is -2.43. The molecule has 0 unspecified atom stereocenters. The molecule has 1 aromatic heterocycles. The first kappa shape index (κ1) is 21.6. The topological polar surface area (TPSA) is 79.8 Å². The molecule has 3 heterocycles. The third-order valence-corrected chi connectivity index (χ3v) is 6.24. The largest absolute Gasteiger partial charge is 0.438 e. The number of ether oxygens (including phenoxy) is 2. The molecule has 0 radical (unpaired) electrons. The second kappa shape index (κ2) is 7.96. The fraction of sp³-hybridized carbons (Fsp3) is 0.318. The second-order valence-electron chi connectivity index (χ2n) is 8.28. The molecule has 2 aliphatic rings. The van der Waals surface area contributed by atoms with Crippen molar-refractivity contribution < 1.29 is 23.0 Å². The van der Waals surface area contributed by atoms with Crippen LogP contribution in [0.3, 0.4) is 0 Å². The number of rotatable bonds is 5. The molecule has 33 heavy (non-hydrogen) atoms. The summed E-state index contributed by atoms with van der Waals surface area (Å²) in [6, 6.07) is 8.37. The van der Waals surface area contributed by atoms with E-state index in [0.29, 0.717) is 34.8 Å². The third kappa shape index (κ3) is 3.89. The Bertz CT molecular complexity index is 1250. The van der Waals surface area contributed by atoms with Crippen molar-refractivity contribution >= 4 is 45.8 Å². The molecular formula is C22H20ClF2N5O3. The molecule has 0 bridgehead atoms. The SMILES string of the molecule is Cc1c(Cl)cccc1Nc1ncnc2cc(OC(F)F)c(N3CC4(CN(C)C4)OC3=O)cc12. The summed E-state index contributed by atoms with van der Waals surface area (Å²) in [5.41, 5.74) is 1.43. The highest BCUT2D eigenvalue weighted by atomic mass is 35.5. The van der Waals surface area contributed by atoms with Gasteiger partial charge in [0.2, 0.25) is 0 Å². The van der Waals surface area contributed by atoms with Crippen molar-refractivity contribution in [2.75, 3.05) is 36.9 Å². The summed E-state index contributed by atoms with van der Waals surface area (Å²) < 4.78 is 36.7. The number of likely N-dealkylation sites (N-methyl/N-ethyl adjacent to an activating group) is 1. The van der Waals surface area contributed by atoms with Gasteiger partial charge in [0.1, 0.15) is 12.1 Å². The summed E-state index contributed by atoms with van der Waals surface area (Å²) in [7, 11) is 1.91. The van der Waals surface area contributed by atoms with Gasteiger partial charge in [-0.15, -0.1) is 0 Å². The Balaban J connectivity index is 1.59. The summed E-state index contributed by atoms with van der Waals surface area (Å²) in [6.45, 7) is 0.154. The lowest BCUT2D eigenvalue weighted by Crippen LogP contribution is -2.62. The second-order valence-corrected chi connectivity index (χ2v) is 8.69. The van der Waals surface area contributed by atoms with Crippen LogP contribution in [0.4, 0.5) is 30.8 Å². The first-order chi connectivity index (χ1) is 15.7. The van der Waals surface area contributed by atoms with Crippen LogP contribution in [0.2, 0.25) is 5.02 Å². The van der Waals surface area contributed by atoms with Crippen LogP contribution in [-0.2, 0) is 4.74 Å². The summed E-state index contributed by atoms with van der Waals surface area (Å²) in [4.78, 5) is 24.6. The van der Waals surface area contributed by atoms with Gasteiger partial charge < -0.3 is 14.8 Å². The molecule has 1 amide bonds. The number of nitrogens with one attached hydrogen (secondary N) is 1. The predicted molar refractivity (Wildman–Crippen MR) is 120 cm³/mol. The summed E-state index contributed by atoms with van der Waals surface area (Å²) in [6.07, 6.45) is 0.707. The number of amides is 1. The lowest BCUT2D eigenvalue weighted by molar-refractivity contribution is -0.0599. The number of anilines is 3. The van der Waals surface area contributed by atoms with Gasteiger partial charge in [0.15, 0.2) is 11.4 Å². The van der Waals surface area contributed by atoms with Gasteiger partial charge in [-0.25, -0.2) is 14.8 Å². The van der Waals surface area contributed by atoms with Crippen LogP contribution in [-0.4, -0.2) is 59.9 Å². The van der Waals surface area contributed by atoms with Crippen molar-refractivity contribution in [3.63, 3.8) is 0 Å². The van der Waals surface area contributed by atoms with Crippen LogP contribution in [0, 0.1) is 6.92 Å². The number of hydrogen-bond donors (Lipinski definition) is 1. The van der Waals surface area contributed by atoms with Crippen molar-refractivity contribution in [1.29, 1.82) is 0 Å². The molecule has 8 nitrogen and oxygen atoms in total. The van der Waals surface area contributed by atoms with Crippen molar-refractivity contribution in [3.05, 3.63) is 47.2 Å². The van der Waals surface area contributed by atoms with Crippen LogP contribution in [0.1, 0.15) is 5.56 Å². The molecule has 0 saturated carbocycles. The fourth-order valence-corrected chi connectivity index (χ4v) is 4.53. The van der Waals surface area contributed by atoms with E-state index in [1.165, 1.54) is 17.3 Å². The smallest absolute Gasteiger partial charge is 0.415 e. The molecule has 5 rings (SSSR count). The number of halogens is 3. The highest BCUT2D eigenvalue weighted by Gasteiger charge is 2.53. The van der Waals surface area contributed by atoms with E-state index in [1.807, 2.05) is 24.9 Å². The van der Waals surface area contributed by atoms with E-state index in [1.54, 1.807) is 18.2 Å². The van der Waals surface area contributed by atoms with E-state index in [-0.39, 0.29) is 18.0 Å². The van der Waals surface area contributed by atoms with Gasteiger partial charge in [0.05, 0.1) is 17.7 Å². The third-order valence-electron chi connectivity index (χ3n) is 5.83. The number of carbonyl (C=O) groups is 1. The molecule has 2 fully saturated rings. The van der Waals surface area contributed by atoms with Gasteiger partial charge in [-0.1, -0.05) is 17.7 Å². The zero-order valence-corrected chi connectivity index (χ0v) is 18.6. The average molecular weight is 476 g/mol. The monoisotopic (exact) mass is 475 g/mol. The minimum atomic E-state index is -3.07. The minimum absolute atomic E-state index is 0.164. The molecule has 2 aliphatic heterocycles. The van der Waals surface area contributed by atoms with Crippen molar-refractivity contribution in [1.82, 2.24) is 14.9 Å². The molecule has 0 atom stereocenters. The Hall–Kier alpha value is -3.24. The molecule has 1 spiro atoms. The van der Waals surface area contributed by atoms with Crippen LogP contribution in [0.25, 0.3) is 10.9 Å². The van der Waals surface area contributed by atoms with Gasteiger partial charge in [-0.2, -0.15) is 8.78 Å². The molecule has 2 aromatic carbocycles. The lowest BCUT2D eigenvalue weighted by atomic mass is 9.95. The van der Waals surface area contributed by atoms with Crippen LogP contribution in [0.15, 0.2) is 36.7 Å². The number of nitrogens with zero attached hydrogens (tertiary/aromatic N) is 4.